The molecule has 0 aliphatic heterocycles. The maximum Gasteiger partial charge on any atom is 0.416 e. The van der Waals surface area contributed by atoms with E-state index in [-0.39, 0.29) is 11.6 Å². The molecule has 2 rings (SSSR count). The molecule has 0 aliphatic carbocycles. The number of H-pyrrole nitrogens is 1. The number of aromatic amines is 1. The highest BCUT2D eigenvalue weighted by molar-refractivity contribution is 5.98. The third kappa shape index (κ3) is 3.44. The van der Waals surface area contributed by atoms with Crippen LogP contribution in [-0.4, -0.2) is 21.2 Å². The zero-order chi connectivity index (χ0) is 13.9. The van der Waals surface area contributed by atoms with Gasteiger partial charge in [-0.15, -0.1) is 0 Å². The van der Waals surface area contributed by atoms with E-state index in [1.165, 1.54) is 6.33 Å². The number of rotatable bonds is 2. The third-order valence-electron chi connectivity index (χ3n) is 2.12. The summed E-state index contributed by atoms with van der Waals surface area (Å²) < 4.78 is 36.9. The van der Waals surface area contributed by atoms with Crippen LogP contribution >= 0.6 is 0 Å². The first kappa shape index (κ1) is 12.9. The van der Waals surface area contributed by atoms with Gasteiger partial charge in [-0.2, -0.15) is 23.3 Å². The van der Waals surface area contributed by atoms with Gasteiger partial charge in [-0.1, -0.05) is 0 Å². The van der Waals surface area contributed by atoms with Crippen LogP contribution in [0.25, 0.3) is 0 Å². The molecule has 0 aliphatic rings. The van der Waals surface area contributed by atoms with E-state index in [9.17, 15) is 18.0 Å². The largest absolute Gasteiger partial charge is 0.416 e. The Labute approximate surface area is 105 Å². The summed E-state index contributed by atoms with van der Waals surface area (Å²) in [5, 5.41) is 10.6. The van der Waals surface area contributed by atoms with Crippen molar-refractivity contribution in [2.45, 2.75) is 6.18 Å². The highest BCUT2D eigenvalue weighted by Gasteiger charge is 2.29. The lowest BCUT2D eigenvalue weighted by Crippen LogP contribution is -2.20. The Balaban J connectivity index is 1.98. The molecule has 0 bridgehead atoms. The summed E-state index contributed by atoms with van der Waals surface area (Å²) in [5.41, 5.74) is -0.557. The van der Waals surface area contributed by atoms with Gasteiger partial charge in [-0.3, -0.25) is 5.32 Å². The van der Waals surface area contributed by atoms with Gasteiger partial charge in [0.2, 0.25) is 5.95 Å². The van der Waals surface area contributed by atoms with Gasteiger partial charge in [-0.05, 0) is 24.3 Å². The van der Waals surface area contributed by atoms with E-state index in [0.29, 0.717) is 0 Å². The van der Waals surface area contributed by atoms with Crippen molar-refractivity contribution >= 4 is 17.7 Å². The molecule has 0 radical (unpaired) electrons. The van der Waals surface area contributed by atoms with E-state index in [4.69, 9.17) is 0 Å². The van der Waals surface area contributed by atoms with Gasteiger partial charge in [0.05, 0.1) is 5.56 Å². The van der Waals surface area contributed by atoms with Crippen LogP contribution < -0.4 is 10.6 Å². The highest BCUT2D eigenvalue weighted by Crippen LogP contribution is 2.29. The fraction of sp³-hybridized carbons (Fsp3) is 0.100. The number of nitrogens with zero attached hydrogens (tertiary/aromatic N) is 2. The Morgan fingerprint density at radius 3 is 2.37 bits per heavy atom. The fourth-order valence-corrected chi connectivity index (χ4v) is 1.28. The quantitative estimate of drug-likeness (QED) is 0.784. The molecule has 6 nitrogen and oxygen atoms in total. The smallest absolute Gasteiger partial charge is 0.308 e. The molecule has 0 saturated heterocycles. The van der Waals surface area contributed by atoms with Crippen molar-refractivity contribution in [3.8, 4) is 0 Å². The van der Waals surface area contributed by atoms with Crippen LogP contribution in [0.15, 0.2) is 30.6 Å². The number of amides is 2. The van der Waals surface area contributed by atoms with E-state index in [1.807, 2.05) is 0 Å². The summed E-state index contributed by atoms with van der Waals surface area (Å²) in [6.45, 7) is 0. The normalized spacial score (nSPS) is 11.1. The highest BCUT2D eigenvalue weighted by atomic mass is 19.4. The van der Waals surface area contributed by atoms with E-state index >= 15 is 0 Å². The van der Waals surface area contributed by atoms with Gasteiger partial charge in [0.15, 0.2) is 0 Å². The van der Waals surface area contributed by atoms with Crippen LogP contribution in [0.2, 0.25) is 0 Å². The second kappa shape index (κ2) is 4.96. The molecule has 0 fully saturated rings. The molecule has 1 aromatic heterocycles. The van der Waals surface area contributed by atoms with Crippen LogP contribution in [0.4, 0.5) is 29.6 Å². The predicted octanol–water partition coefficient (Wildman–Crippen LogP) is 2.47. The number of hydrogen-bond acceptors (Lipinski definition) is 3. The first-order valence-corrected chi connectivity index (χ1v) is 5.06. The zero-order valence-corrected chi connectivity index (χ0v) is 9.32. The Kier molecular flexibility index (Phi) is 3.36. The first-order chi connectivity index (χ1) is 8.95. The second-order valence-corrected chi connectivity index (χ2v) is 3.49. The molecule has 2 amide bonds. The SMILES string of the molecule is O=C(Nc1ccc(C(F)(F)F)cc1)Nc1ncn[nH]1. The molecule has 1 heterocycles. The average Bonchev–Trinajstić information content (AvgIpc) is 2.81. The van der Waals surface area contributed by atoms with Gasteiger partial charge in [0.1, 0.15) is 6.33 Å². The summed E-state index contributed by atoms with van der Waals surface area (Å²) in [6.07, 6.45) is -3.20. The van der Waals surface area contributed by atoms with Crippen molar-refractivity contribution in [1.82, 2.24) is 15.2 Å². The van der Waals surface area contributed by atoms with E-state index in [2.05, 4.69) is 25.8 Å². The molecule has 0 atom stereocenters. The van der Waals surface area contributed by atoms with E-state index in [0.717, 1.165) is 24.3 Å². The summed E-state index contributed by atoms with van der Waals surface area (Å²) >= 11 is 0. The van der Waals surface area contributed by atoms with Crippen molar-refractivity contribution in [1.29, 1.82) is 0 Å². The van der Waals surface area contributed by atoms with Crippen LogP contribution in [0.3, 0.4) is 0 Å². The Morgan fingerprint density at radius 2 is 1.84 bits per heavy atom. The molecule has 0 spiro atoms. The summed E-state index contributed by atoms with van der Waals surface area (Å²) in [6, 6.07) is 3.43. The molecule has 2 aromatic rings. The topological polar surface area (TPSA) is 82.7 Å². The monoisotopic (exact) mass is 271 g/mol. The zero-order valence-electron chi connectivity index (χ0n) is 9.32. The number of hydrogen-bond donors (Lipinski definition) is 3. The van der Waals surface area contributed by atoms with Gasteiger partial charge >= 0.3 is 12.2 Å². The molecule has 0 unspecified atom stereocenters. The second-order valence-electron chi connectivity index (χ2n) is 3.49. The Bertz CT molecular complexity index is 550. The molecule has 1 aromatic carbocycles. The maximum atomic E-state index is 12.3. The van der Waals surface area contributed by atoms with E-state index < -0.39 is 17.8 Å². The molecule has 9 heteroatoms. The number of aromatic nitrogens is 3. The molecule has 19 heavy (non-hydrogen) atoms. The van der Waals surface area contributed by atoms with Crippen molar-refractivity contribution in [2.24, 2.45) is 0 Å². The number of anilines is 2. The number of halogens is 3. The number of carbonyl (C=O) groups excluding carboxylic acids is 1. The minimum Gasteiger partial charge on any atom is -0.308 e. The van der Waals surface area contributed by atoms with Crippen LogP contribution in [0.1, 0.15) is 5.56 Å². The van der Waals surface area contributed by atoms with Crippen LogP contribution in [0, 0.1) is 0 Å². The molecular weight excluding hydrogens is 263 g/mol. The van der Waals surface area contributed by atoms with Crippen molar-refractivity contribution in [3.63, 3.8) is 0 Å². The fourth-order valence-electron chi connectivity index (χ4n) is 1.28. The number of benzene rings is 1. The Hall–Kier alpha value is -2.58. The van der Waals surface area contributed by atoms with Crippen molar-refractivity contribution < 1.29 is 18.0 Å². The van der Waals surface area contributed by atoms with Gasteiger partial charge in [-0.25, -0.2) is 9.89 Å². The first-order valence-electron chi connectivity index (χ1n) is 5.06. The summed E-state index contributed by atoms with van der Waals surface area (Å²) in [4.78, 5) is 15.1. The van der Waals surface area contributed by atoms with Crippen LogP contribution in [0.5, 0.6) is 0 Å². The standard InChI is InChI=1S/C10H8F3N5O/c11-10(12,13)6-1-3-7(4-2-6)16-9(19)17-8-14-5-15-18-8/h1-5H,(H3,14,15,16,17,18,19). The molecule has 0 saturated carbocycles. The average molecular weight is 271 g/mol. The lowest BCUT2D eigenvalue weighted by Gasteiger charge is -2.08. The number of alkyl halides is 3. The maximum absolute atomic E-state index is 12.3. The van der Waals surface area contributed by atoms with Gasteiger partial charge in [0, 0.05) is 5.69 Å². The van der Waals surface area contributed by atoms with Crippen molar-refractivity contribution in [3.05, 3.63) is 36.2 Å². The summed E-state index contributed by atoms with van der Waals surface area (Å²) in [7, 11) is 0. The lowest BCUT2D eigenvalue weighted by atomic mass is 10.2. The third-order valence-corrected chi connectivity index (χ3v) is 2.12. The van der Waals surface area contributed by atoms with Crippen LogP contribution in [-0.2, 0) is 6.18 Å². The number of carbonyl (C=O) groups is 1. The molecule has 100 valence electrons. The lowest BCUT2D eigenvalue weighted by molar-refractivity contribution is -0.137. The molecular formula is C10H8F3N5O. The minimum atomic E-state index is -4.40. The predicted molar refractivity (Wildman–Crippen MR) is 60.5 cm³/mol. The molecule has 3 N–H and O–H groups in total. The van der Waals surface area contributed by atoms with Gasteiger partial charge < -0.3 is 5.32 Å². The van der Waals surface area contributed by atoms with Gasteiger partial charge in [0.25, 0.3) is 0 Å². The van der Waals surface area contributed by atoms with E-state index in [1.54, 1.807) is 0 Å². The summed E-state index contributed by atoms with van der Waals surface area (Å²) in [5.74, 6) is 0.129. The number of urea groups is 1. The number of nitrogens with one attached hydrogen (secondary N) is 3. The Morgan fingerprint density at radius 1 is 1.16 bits per heavy atom. The minimum absolute atomic E-state index is 0.129. The van der Waals surface area contributed by atoms with Crippen molar-refractivity contribution in [2.75, 3.05) is 10.6 Å².